The number of nitrogens with zero attached hydrogens (tertiary/aromatic N) is 1. The number of benzene rings is 2. The first kappa shape index (κ1) is 19.7. The average molecular weight is 390 g/mol. The number of anilines is 1. The summed E-state index contributed by atoms with van der Waals surface area (Å²) in [5.41, 5.74) is 2.24. The summed E-state index contributed by atoms with van der Waals surface area (Å²) in [5, 5.41) is 0. The maximum atomic E-state index is 12.8. The average Bonchev–Trinajstić information content (AvgIpc) is 3.44. The number of sulfonamides is 1. The second kappa shape index (κ2) is 7.52. The predicted molar refractivity (Wildman–Crippen MR) is 108 cm³/mol. The summed E-state index contributed by atoms with van der Waals surface area (Å²) in [5.74, 6) is 0.726. The molecule has 146 valence electrons. The van der Waals surface area contributed by atoms with E-state index in [0.29, 0.717) is 12.3 Å². The van der Waals surface area contributed by atoms with Crippen molar-refractivity contribution in [2.24, 2.45) is 0 Å². The number of rotatable bonds is 7. The topological polar surface area (TPSA) is 59.1 Å². The van der Waals surface area contributed by atoms with Crippen LogP contribution in [0.3, 0.4) is 0 Å². The van der Waals surface area contributed by atoms with Gasteiger partial charge in [0.2, 0.25) is 10.0 Å². The van der Waals surface area contributed by atoms with Gasteiger partial charge < -0.3 is 9.47 Å². The van der Waals surface area contributed by atoms with Crippen LogP contribution in [-0.2, 0) is 25.9 Å². The molecule has 0 N–H and O–H groups in total. The van der Waals surface area contributed by atoms with Gasteiger partial charge in [-0.2, -0.15) is 0 Å². The van der Waals surface area contributed by atoms with Crippen molar-refractivity contribution in [2.75, 3.05) is 24.6 Å². The lowest BCUT2D eigenvalue weighted by molar-refractivity contribution is 0.258. The minimum Gasteiger partial charge on any atom is -0.490 e. The minimum atomic E-state index is -3.48. The van der Waals surface area contributed by atoms with E-state index in [1.54, 1.807) is 19.2 Å². The molecular weight excluding hydrogens is 362 g/mol. The zero-order chi connectivity index (χ0) is 19.7. The van der Waals surface area contributed by atoms with Gasteiger partial charge in [-0.15, -0.1) is 0 Å². The summed E-state index contributed by atoms with van der Waals surface area (Å²) in [6.07, 6.45) is 0.178. The highest BCUT2D eigenvalue weighted by Crippen LogP contribution is 2.33. The molecule has 0 spiro atoms. The van der Waals surface area contributed by atoms with Gasteiger partial charge in [-0.3, -0.25) is 4.31 Å². The highest BCUT2D eigenvalue weighted by Gasteiger charge is 2.26. The standard InChI is InChI=1S/C21H27NO4S/c1-21(2,3)19-12-16(10-11-20(19)26-14-18-13-25-18)15-27(23,24)22(4)17-8-6-5-7-9-17/h5-12,18H,13-15H2,1-4H3. The molecule has 6 heteroatoms. The molecule has 0 aromatic heterocycles. The molecule has 2 aromatic carbocycles. The molecule has 2 aromatic rings. The van der Waals surface area contributed by atoms with E-state index in [2.05, 4.69) is 20.8 Å². The van der Waals surface area contributed by atoms with E-state index in [0.717, 1.165) is 23.5 Å². The third-order valence-corrected chi connectivity index (χ3v) is 6.31. The van der Waals surface area contributed by atoms with Gasteiger partial charge in [0.1, 0.15) is 18.5 Å². The van der Waals surface area contributed by atoms with E-state index in [-0.39, 0.29) is 17.3 Å². The van der Waals surface area contributed by atoms with Crippen molar-refractivity contribution in [1.29, 1.82) is 0 Å². The Balaban J connectivity index is 1.83. The Morgan fingerprint density at radius 2 is 1.81 bits per heavy atom. The quantitative estimate of drug-likeness (QED) is 0.677. The zero-order valence-corrected chi connectivity index (χ0v) is 17.1. The van der Waals surface area contributed by atoms with Gasteiger partial charge in [0.15, 0.2) is 0 Å². The van der Waals surface area contributed by atoms with E-state index in [1.165, 1.54) is 4.31 Å². The van der Waals surface area contributed by atoms with Crippen LogP contribution >= 0.6 is 0 Å². The Morgan fingerprint density at radius 3 is 2.41 bits per heavy atom. The molecule has 3 rings (SSSR count). The number of ether oxygens (including phenoxy) is 2. The van der Waals surface area contributed by atoms with Crippen LogP contribution in [0.25, 0.3) is 0 Å². The third-order valence-electron chi connectivity index (χ3n) is 4.57. The fraction of sp³-hybridized carbons (Fsp3) is 0.429. The molecule has 27 heavy (non-hydrogen) atoms. The van der Waals surface area contributed by atoms with Crippen molar-refractivity contribution in [3.63, 3.8) is 0 Å². The van der Waals surface area contributed by atoms with Crippen molar-refractivity contribution < 1.29 is 17.9 Å². The molecule has 0 bridgehead atoms. The van der Waals surface area contributed by atoms with Crippen molar-refractivity contribution in [3.8, 4) is 5.75 Å². The monoisotopic (exact) mass is 389 g/mol. The van der Waals surface area contributed by atoms with Crippen molar-refractivity contribution >= 4 is 15.7 Å². The Kier molecular flexibility index (Phi) is 5.49. The van der Waals surface area contributed by atoms with Gasteiger partial charge in [-0.25, -0.2) is 8.42 Å². The van der Waals surface area contributed by atoms with Gasteiger partial charge in [0.05, 0.1) is 18.0 Å². The summed E-state index contributed by atoms with van der Waals surface area (Å²) < 4.78 is 38.1. The minimum absolute atomic E-state index is 0.0620. The highest BCUT2D eigenvalue weighted by molar-refractivity contribution is 7.92. The van der Waals surface area contributed by atoms with Crippen molar-refractivity contribution in [1.82, 2.24) is 0 Å². The maximum Gasteiger partial charge on any atom is 0.239 e. The second-order valence-electron chi connectivity index (χ2n) is 7.91. The predicted octanol–water partition coefficient (Wildman–Crippen LogP) is 3.73. The SMILES string of the molecule is CN(c1ccccc1)S(=O)(=O)Cc1ccc(OCC2CO2)c(C(C)(C)C)c1. The first-order valence-electron chi connectivity index (χ1n) is 9.06. The Hall–Kier alpha value is -2.05. The van der Waals surface area contributed by atoms with Crippen LogP contribution in [0.1, 0.15) is 31.9 Å². The molecule has 0 saturated carbocycles. The molecular formula is C21H27NO4S. The lowest BCUT2D eigenvalue weighted by Gasteiger charge is -2.24. The smallest absolute Gasteiger partial charge is 0.239 e. The molecule has 0 amide bonds. The molecule has 0 aliphatic carbocycles. The summed E-state index contributed by atoms with van der Waals surface area (Å²) in [6, 6.07) is 14.7. The largest absolute Gasteiger partial charge is 0.490 e. The maximum absolute atomic E-state index is 12.8. The fourth-order valence-corrected chi connectivity index (χ4v) is 4.07. The first-order valence-corrected chi connectivity index (χ1v) is 10.7. The Bertz CT molecular complexity index is 884. The number of para-hydroxylation sites is 1. The molecule has 0 radical (unpaired) electrons. The summed E-state index contributed by atoms with van der Waals surface area (Å²) in [7, 11) is -1.90. The van der Waals surface area contributed by atoms with Gasteiger partial charge in [0, 0.05) is 7.05 Å². The molecule has 5 nitrogen and oxygen atoms in total. The lowest BCUT2D eigenvalue weighted by atomic mass is 9.85. The molecule has 1 aliphatic heterocycles. The van der Waals surface area contributed by atoms with Crippen LogP contribution < -0.4 is 9.04 Å². The number of epoxide rings is 1. The number of hydrogen-bond acceptors (Lipinski definition) is 4. The van der Waals surface area contributed by atoms with E-state index >= 15 is 0 Å². The zero-order valence-electron chi connectivity index (χ0n) is 16.3. The van der Waals surface area contributed by atoms with Crippen molar-refractivity contribution in [3.05, 3.63) is 59.7 Å². The molecule has 1 saturated heterocycles. The van der Waals surface area contributed by atoms with Crippen LogP contribution in [0.15, 0.2) is 48.5 Å². The fourth-order valence-electron chi connectivity index (χ4n) is 2.83. The van der Waals surface area contributed by atoms with Crippen molar-refractivity contribution in [2.45, 2.75) is 38.0 Å². The highest BCUT2D eigenvalue weighted by atomic mass is 32.2. The molecule has 1 atom stereocenters. The summed E-state index contributed by atoms with van der Waals surface area (Å²) >= 11 is 0. The Labute approximate surface area is 162 Å². The molecule has 1 aliphatic rings. The van der Waals surface area contributed by atoms with E-state index in [4.69, 9.17) is 9.47 Å². The lowest BCUT2D eigenvalue weighted by Crippen LogP contribution is -2.28. The van der Waals surface area contributed by atoms with E-state index < -0.39 is 10.0 Å². The van der Waals surface area contributed by atoms with Crippen LogP contribution in [0.5, 0.6) is 5.75 Å². The van der Waals surface area contributed by atoms with Crippen LogP contribution in [0, 0.1) is 0 Å². The van der Waals surface area contributed by atoms with Gasteiger partial charge in [-0.1, -0.05) is 51.1 Å². The van der Waals surface area contributed by atoms with Gasteiger partial charge in [-0.05, 0) is 34.7 Å². The Morgan fingerprint density at radius 1 is 1.15 bits per heavy atom. The summed E-state index contributed by atoms with van der Waals surface area (Å²) in [4.78, 5) is 0. The third kappa shape index (κ3) is 5.02. The first-order chi connectivity index (χ1) is 12.7. The molecule has 1 unspecified atom stereocenters. The van der Waals surface area contributed by atoms with Gasteiger partial charge in [0.25, 0.3) is 0 Å². The van der Waals surface area contributed by atoms with Gasteiger partial charge >= 0.3 is 0 Å². The van der Waals surface area contributed by atoms with E-state index in [1.807, 2.05) is 36.4 Å². The van der Waals surface area contributed by atoms with Crippen LogP contribution in [0.4, 0.5) is 5.69 Å². The number of hydrogen-bond donors (Lipinski definition) is 0. The van der Waals surface area contributed by atoms with Crippen LogP contribution in [-0.4, -0.2) is 34.8 Å². The molecule has 1 heterocycles. The second-order valence-corrected chi connectivity index (χ2v) is 9.91. The summed E-state index contributed by atoms with van der Waals surface area (Å²) in [6.45, 7) is 7.55. The van der Waals surface area contributed by atoms with E-state index in [9.17, 15) is 8.42 Å². The normalized spacial score (nSPS) is 16.8. The molecule has 1 fully saturated rings. The van der Waals surface area contributed by atoms with Crippen LogP contribution in [0.2, 0.25) is 0 Å².